The Kier molecular flexibility index (Phi) is 5.12. The van der Waals surface area contributed by atoms with Gasteiger partial charge in [0.15, 0.2) is 0 Å². The highest BCUT2D eigenvalue weighted by atomic mass is 16.5. The number of carbonyl (C=O) groups is 1. The molecule has 3 N–H and O–H groups in total. The van der Waals surface area contributed by atoms with E-state index in [9.17, 15) is 15.0 Å². The van der Waals surface area contributed by atoms with E-state index in [0.717, 1.165) is 0 Å². The van der Waals surface area contributed by atoms with E-state index in [-0.39, 0.29) is 19.1 Å². The number of ether oxygens (including phenoxy) is 1. The Morgan fingerprint density at radius 2 is 1.83 bits per heavy atom. The number of amides is 1. The first-order valence-corrected chi connectivity index (χ1v) is 5.79. The van der Waals surface area contributed by atoms with Crippen molar-refractivity contribution in [3.8, 4) is 5.75 Å². The molecule has 0 aromatic heterocycles. The molecule has 1 aromatic carbocycles. The van der Waals surface area contributed by atoms with E-state index >= 15 is 0 Å². The third-order valence-corrected chi connectivity index (χ3v) is 3.01. The zero-order valence-corrected chi connectivity index (χ0v) is 10.6. The molecular weight excluding hydrogens is 234 g/mol. The van der Waals surface area contributed by atoms with Crippen molar-refractivity contribution in [3.05, 3.63) is 29.8 Å². The lowest BCUT2D eigenvalue weighted by Crippen LogP contribution is -2.53. The molecule has 0 spiro atoms. The minimum atomic E-state index is -0.975. The Hall–Kier alpha value is -1.59. The Bertz CT molecular complexity index is 376. The third-order valence-electron chi connectivity index (χ3n) is 3.01. The van der Waals surface area contributed by atoms with Crippen LogP contribution >= 0.6 is 0 Å². The van der Waals surface area contributed by atoms with Crippen LogP contribution in [0.2, 0.25) is 0 Å². The van der Waals surface area contributed by atoms with Crippen LogP contribution in [0.15, 0.2) is 24.3 Å². The third kappa shape index (κ3) is 3.21. The second-order valence-corrected chi connectivity index (χ2v) is 4.13. The van der Waals surface area contributed by atoms with E-state index < -0.39 is 5.54 Å². The summed E-state index contributed by atoms with van der Waals surface area (Å²) in [6.07, 6.45) is 0.446. The molecule has 0 saturated carbocycles. The van der Waals surface area contributed by atoms with Gasteiger partial charge < -0.3 is 20.3 Å². The van der Waals surface area contributed by atoms with Crippen LogP contribution in [-0.4, -0.2) is 42.0 Å². The summed E-state index contributed by atoms with van der Waals surface area (Å²) in [5.74, 6) is 0.334. The fourth-order valence-corrected chi connectivity index (χ4v) is 1.50. The average molecular weight is 253 g/mol. The Morgan fingerprint density at radius 3 is 2.22 bits per heavy atom. The monoisotopic (exact) mass is 253 g/mol. The zero-order valence-electron chi connectivity index (χ0n) is 10.6. The predicted octanol–water partition coefficient (Wildman–Crippen LogP) is 0.558. The Morgan fingerprint density at radius 1 is 1.28 bits per heavy atom. The van der Waals surface area contributed by atoms with E-state index in [0.29, 0.717) is 17.7 Å². The number of rotatable bonds is 6. The predicted molar refractivity (Wildman–Crippen MR) is 67.7 cm³/mol. The van der Waals surface area contributed by atoms with Crippen molar-refractivity contribution >= 4 is 5.91 Å². The summed E-state index contributed by atoms with van der Waals surface area (Å²) < 4.78 is 5.00. The van der Waals surface area contributed by atoms with Crippen LogP contribution in [-0.2, 0) is 0 Å². The van der Waals surface area contributed by atoms with Gasteiger partial charge in [0.2, 0.25) is 0 Å². The van der Waals surface area contributed by atoms with Gasteiger partial charge in [0.1, 0.15) is 5.75 Å². The number of carbonyl (C=O) groups excluding carboxylic acids is 1. The van der Waals surface area contributed by atoms with Gasteiger partial charge in [0.05, 0.1) is 25.9 Å². The van der Waals surface area contributed by atoms with Gasteiger partial charge >= 0.3 is 0 Å². The topological polar surface area (TPSA) is 78.8 Å². The quantitative estimate of drug-likeness (QED) is 0.692. The van der Waals surface area contributed by atoms with Gasteiger partial charge in [-0.2, -0.15) is 0 Å². The lowest BCUT2D eigenvalue weighted by atomic mass is 9.98. The summed E-state index contributed by atoms with van der Waals surface area (Å²) in [6, 6.07) is 6.62. The van der Waals surface area contributed by atoms with Gasteiger partial charge in [-0.25, -0.2) is 0 Å². The lowest BCUT2D eigenvalue weighted by Gasteiger charge is -2.29. The van der Waals surface area contributed by atoms with Gasteiger partial charge in [0.25, 0.3) is 5.91 Å². The molecule has 18 heavy (non-hydrogen) atoms. The van der Waals surface area contributed by atoms with Crippen LogP contribution in [0, 0.1) is 0 Å². The summed E-state index contributed by atoms with van der Waals surface area (Å²) in [7, 11) is 1.55. The molecule has 5 heteroatoms. The molecule has 0 heterocycles. The van der Waals surface area contributed by atoms with Gasteiger partial charge in [-0.3, -0.25) is 4.79 Å². The van der Waals surface area contributed by atoms with Crippen LogP contribution in [0.3, 0.4) is 0 Å². The van der Waals surface area contributed by atoms with E-state index in [1.165, 1.54) is 0 Å². The molecule has 0 fully saturated rings. The molecule has 0 aliphatic rings. The number of hydrogen-bond acceptors (Lipinski definition) is 4. The van der Waals surface area contributed by atoms with Crippen molar-refractivity contribution in [1.82, 2.24) is 5.32 Å². The minimum Gasteiger partial charge on any atom is -0.497 e. The van der Waals surface area contributed by atoms with Crippen LogP contribution < -0.4 is 10.1 Å². The largest absolute Gasteiger partial charge is 0.497 e. The highest BCUT2D eigenvalue weighted by Crippen LogP contribution is 2.14. The molecule has 5 nitrogen and oxygen atoms in total. The van der Waals surface area contributed by atoms with Crippen molar-refractivity contribution in [1.29, 1.82) is 0 Å². The summed E-state index contributed by atoms with van der Waals surface area (Å²) in [5, 5.41) is 21.2. The SMILES string of the molecule is CCC(CO)(CO)NC(=O)c1ccc(OC)cc1. The molecule has 0 radical (unpaired) electrons. The first kappa shape index (κ1) is 14.5. The molecule has 0 unspecified atom stereocenters. The fraction of sp³-hybridized carbons (Fsp3) is 0.462. The van der Waals surface area contributed by atoms with Gasteiger partial charge in [-0.05, 0) is 30.7 Å². The van der Waals surface area contributed by atoms with Gasteiger partial charge in [0, 0.05) is 5.56 Å². The Balaban J connectivity index is 2.80. The molecule has 0 aliphatic carbocycles. The molecule has 0 bridgehead atoms. The normalized spacial score (nSPS) is 11.1. The fourth-order valence-electron chi connectivity index (χ4n) is 1.50. The van der Waals surface area contributed by atoms with E-state index in [1.807, 2.05) is 0 Å². The minimum absolute atomic E-state index is 0.304. The number of nitrogens with one attached hydrogen (secondary N) is 1. The molecule has 0 saturated heterocycles. The summed E-state index contributed by atoms with van der Waals surface area (Å²) in [6.45, 7) is 1.19. The number of methoxy groups -OCH3 is 1. The molecule has 0 aliphatic heterocycles. The summed E-state index contributed by atoms with van der Waals surface area (Å²) in [5.41, 5.74) is -0.521. The van der Waals surface area contributed by atoms with Crippen molar-refractivity contribution in [3.63, 3.8) is 0 Å². The Labute approximate surface area is 106 Å². The highest BCUT2D eigenvalue weighted by Gasteiger charge is 2.28. The molecule has 1 amide bonds. The molecule has 100 valence electrons. The second kappa shape index (κ2) is 6.37. The van der Waals surface area contributed by atoms with Crippen LogP contribution in [0.5, 0.6) is 5.75 Å². The van der Waals surface area contributed by atoms with E-state index in [4.69, 9.17) is 4.74 Å². The average Bonchev–Trinajstić information content (AvgIpc) is 2.45. The van der Waals surface area contributed by atoms with Crippen molar-refractivity contribution < 1.29 is 19.7 Å². The number of aliphatic hydroxyl groups excluding tert-OH is 2. The molecule has 0 atom stereocenters. The lowest BCUT2D eigenvalue weighted by molar-refractivity contribution is 0.0653. The number of hydrogen-bond donors (Lipinski definition) is 3. The highest BCUT2D eigenvalue weighted by molar-refractivity contribution is 5.94. The van der Waals surface area contributed by atoms with Crippen molar-refractivity contribution in [2.45, 2.75) is 18.9 Å². The first-order valence-electron chi connectivity index (χ1n) is 5.79. The molecular formula is C13H19NO4. The first-order chi connectivity index (χ1) is 8.60. The van der Waals surface area contributed by atoms with E-state index in [1.54, 1.807) is 38.3 Å². The van der Waals surface area contributed by atoms with Crippen LogP contribution in [0.4, 0.5) is 0 Å². The van der Waals surface area contributed by atoms with E-state index in [2.05, 4.69) is 5.32 Å². The molecule has 1 aromatic rings. The maximum Gasteiger partial charge on any atom is 0.251 e. The smallest absolute Gasteiger partial charge is 0.251 e. The zero-order chi connectivity index (χ0) is 13.6. The second-order valence-electron chi connectivity index (χ2n) is 4.13. The maximum atomic E-state index is 12.0. The summed E-state index contributed by atoms with van der Waals surface area (Å²) in [4.78, 5) is 12.0. The summed E-state index contributed by atoms with van der Waals surface area (Å²) >= 11 is 0. The maximum absolute atomic E-state index is 12.0. The standard InChI is InChI=1S/C13H19NO4/c1-3-13(8-15,9-16)14-12(17)10-4-6-11(18-2)7-5-10/h4-7,15-16H,3,8-9H2,1-2H3,(H,14,17). The van der Waals surface area contributed by atoms with Crippen LogP contribution in [0.1, 0.15) is 23.7 Å². The van der Waals surface area contributed by atoms with Crippen LogP contribution in [0.25, 0.3) is 0 Å². The molecule has 1 rings (SSSR count). The van der Waals surface area contributed by atoms with Gasteiger partial charge in [-0.1, -0.05) is 6.92 Å². The number of aliphatic hydroxyl groups is 2. The van der Waals surface area contributed by atoms with Crippen molar-refractivity contribution in [2.75, 3.05) is 20.3 Å². The van der Waals surface area contributed by atoms with Crippen molar-refractivity contribution in [2.24, 2.45) is 0 Å². The van der Waals surface area contributed by atoms with Gasteiger partial charge in [-0.15, -0.1) is 0 Å². The number of benzene rings is 1.